The summed E-state index contributed by atoms with van der Waals surface area (Å²) in [5.41, 5.74) is 11.4. The zero-order chi connectivity index (χ0) is 25.4. The summed E-state index contributed by atoms with van der Waals surface area (Å²) in [6, 6.07) is 33.7. The van der Waals surface area contributed by atoms with Crippen LogP contribution < -0.4 is 20.6 Å². The van der Waals surface area contributed by atoms with Gasteiger partial charge in [0.05, 0.1) is 12.2 Å². The average Bonchev–Trinajstić information content (AvgIpc) is 3.60. The van der Waals surface area contributed by atoms with E-state index in [9.17, 15) is 0 Å². The smallest absolute Gasteiger partial charge is 0.285 e. The maximum absolute atomic E-state index is 4.62. The van der Waals surface area contributed by atoms with E-state index in [0.29, 0.717) is 0 Å². The van der Waals surface area contributed by atoms with Gasteiger partial charge in [-0.25, -0.2) is 5.10 Å². The van der Waals surface area contributed by atoms with Crippen molar-refractivity contribution < 1.29 is 20.4 Å². The van der Waals surface area contributed by atoms with Crippen molar-refractivity contribution in [2.24, 2.45) is 12.1 Å². The molecule has 0 amide bonds. The monoisotopic (exact) mass is 595 g/mol. The summed E-state index contributed by atoms with van der Waals surface area (Å²) in [5, 5.41) is 6.17. The van der Waals surface area contributed by atoms with E-state index >= 15 is 0 Å². The number of rotatable bonds is 2. The molecule has 0 radical (unpaired) electrons. The summed E-state index contributed by atoms with van der Waals surface area (Å²) in [6.45, 7) is 1.87. The fourth-order valence-electron chi connectivity index (χ4n) is 5.95. The minimum absolute atomic E-state index is 0. The van der Waals surface area contributed by atoms with E-state index in [1.165, 1.54) is 33.6 Å². The summed E-state index contributed by atoms with van der Waals surface area (Å²) in [7, 11) is 3.95. The predicted molar refractivity (Wildman–Crippen MR) is 154 cm³/mol. The molecule has 8 rings (SSSR count). The van der Waals surface area contributed by atoms with Crippen LogP contribution in [0.3, 0.4) is 0 Å². The first kappa shape index (κ1) is 24.0. The number of benzene rings is 4. The number of imidazole rings is 1. The van der Waals surface area contributed by atoms with Gasteiger partial charge < -0.3 is 19.3 Å². The number of aryl methyl sites for hydroxylation is 1. The Labute approximate surface area is 242 Å². The molecular formula is C31H22BN6Pd-3. The first-order chi connectivity index (χ1) is 18.7. The Balaban J connectivity index is 0.00000253. The van der Waals surface area contributed by atoms with E-state index in [2.05, 4.69) is 99.8 Å². The number of hydrazone groups is 1. The van der Waals surface area contributed by atoms with Crippen LogP contribution in [0.25, 0.3) is 33.6 Å². The quantitative estimate of drug-likeness (QED) is 0.224. The minimum atomic E-state index is -0.0951. The van der Waals surface area contributed by atoms with E-state index in [0.717, 1.165) is 28.0 Å². The largest absolute Gasteiger partial charge is 0.483 e. The molecule has 0 fully saturated rings. The van der Waals surface area contributed by atoms with Crippen molar-refractivity contribution in [3.63, 3.8) is 0 Å². The van der Waals surface area contributed by atoms with Crippen molar-refractivity contribution in [2.45, 2.75) is 0 Å². The van der Waals surface area contributed by atoms with Crippen LogP contribution in [-0.2, 0) is 27.5 Å². The fraction of sp³-hybridized carbons (Fsp3) is 0.0645. The van der Waals surface area contributed by atoms with Gasteiger partial charge >= 0.3 is 0 Å². The normalized spacial score (nSPS) is 14.3. The summed E-state index contributed by atoms with van der Waals surface area (Å²) in [5.74, 6) is 0.901. The van der Waals surface area contributed by atoms with Gasteiger partial charge in [0.25, 0.3) is 6.85 Å². The Bertz CT molecular complexity index is 1780. The number of para-hydroxylation sites is 2. The van der Waals surface area contributed by atoms with Gasteiger partial charge in [-0.15, -0.1) is 58.8 Å². The topological polar surface area (TPSA) is 39.9 Å². The summed E-state index contributed by atoms with van der Waals surface area (Å²) in [4.78, 5) is 9.09. The maximum Gasteiger partial charge on any atom is 0.285 e. The first-order valence-electron chi connectivity index (χ1n) is 12.7. The van der Waals surface area contributed by atoms with Gasteiger partial charge in [0.15, 0.2) is 0 Å². The third-order valence-electron chi connectivity index (χ3n) is 7.64. The Morgan fingerprint density at radius 1 is 0.769 bits per heavy atom. The Kier molecular flexibility index (Phi) is 5.52. The van der Waals surface area contributed by atoms with E-state index in [-0.39, 0.29) is 27.3 Å². The second-order valence-corrected chi connectivity index (χ2v) is 9.87. The van der Waals surface area contributed by atoms with Gasteiger partial charge in [0.2, 0.25) is 0 Å². The Morgan fingerprint density at radius 2 is 1.44 bits per heavy atom. The van der Waals surface area contributed by atoms with Crippen LogP contribution >= 0.6 is 0 Å². The molecule has 0 atom stereocenters. The molecular weight excluding hydrogens is 574 g/mol. The van der Waals surface area contributed by atoms with Crippen LogP contribution in [0, 0.1) is 18.8 Å². The third-order valence-corrected chi connectivity index (χ3v) is 7.64. The molecule has 39 heavy (non-hydrogen) atoms. The number of hydrogen-bond donors (Lipinski definition) is 0. The van der Waals surface area contributed by atoms with Gasteiger partial charge in [-0.1, -0.05) is 42.0 Å². The molecule has 8 heteroatoms. The number of aromatic nitrogens is 2. The SMILES string of the molecule is CN1[CH-]N(c2[c-]c3c(cc2)-c2ccccc2N2B3c3[c-]c(-c4nccn4C)ccc3-c3ccccc32)C=N1.[Pd]. The van der Waals surface area contributed by atoms with Crippen molar-refractivity contribution in [1.82, 2.24) is 14.6 Å². The maximum atomic E-state index is 4.62. The number of nitrogens with zero attached hydrogens (tertiary/aromatic N) is 6. The molecule has 0 saturated heterocycles. The van der Waals surface area contributed by atoms with E-state index in [1.807, 2.05) is 49.0 Å². The molecule has 3 aliphatic heterocycles. The molecule has 4 heterocycles. The van der Waals surface area contributed by atoms with E-state index < -0.39 is 0 Å². The Morgan fingerprint density at radius 3 is 2.08 bits per heavy atom. The van der Waals surface area contributed by atoms with Gasteiger partial charge in [-0.2, -0.15) is 17.6 Å². The molecule has 0 bridgehead atoms. The molecule has 192 valence electrons. The molecule has 4 aromatic carbocycles. The number of hydrogen-bond acceptors (Lipinski definition) is 5. The van der Waals surface area contributed by atoms with Crippen LogP contribution in [0.15, 0.2) is 90.3 Å². The van der Waals surface area contributed by atoms with E-state index in [1.54, 1.807) is 5.01 Å². The minimum Gasteiger partial charge on any atom is -0.483 e. The van der Waals surface area contributed by atoms with Crippen LogP contribution in [0.1, 0.15) is 0 Å². The fourth-order valence-corrected chi connectivity index (χ4v) is 5.95. The van der Waals surface area contributed by atoms with Crippen LogP contribution in [0.2, 0.25) is 0 Å². The molecule has 0 N–H and O–H groups in total. The molecule has 0 spiro atoms. The first-order valence-corrected chi connectivity index (χ1v) is 12.7. The summed E-state index contributed by atoms with van der Waals surface area (Å²) < 4.78 is 2.04. The summed E-state index contributed by atoms with van der Waals surface area (Å²) >= 11 is 0. The van der Waals surface area contributed by atoms with Gasteiger partial charge in [-0.05, 0) is 24.7 Å². The third kappa shape index (κ3) is 3.52. The average molecular weight is 596 g/mol. The summed E-state index contributed by atoms with van der Waals surface area (Å²) in [6.07, 6.45) is 5.63. The van der Waals surface area contributed by atoms with Crippen LogP contribution in [0.4, 0.5) is 17.1 Å². The zero-order valence-electron chi connectivity index (χ0n) is 21.3. The molecule has 5 aromatic rings. The van der Waals surface area contributed by atoms with E-state index in [4.69, 9.17) is 0 Å². The number of fused-ring (bicyclic) bond motifs is 11. The van der Waals surface area contributed by atoms with Crippen molar-refractivity contribution in [1.29, 1.82) is 0 Å². The molecule has 1 aromatic heterocycles. The van der Waals surface area contributed by atoms with Crippen LogP contribution in [0.5, 0.6) is 0 Å². The second kappa shape index (κ2) is 8.98. The van der Waals surface area contributed by atoms with Crippen molar-refractivity contribution in [3.05, 3.63) is 104 Å². The second-order valence-electron chi connectivity index (χ2n) is 9.87. The van der Waals surface area contributed by atoms with Crippen molar-refractivity contribution in [3.8, 4) is 33.6 Å². The molecule has 0 saturated carbocycles. The standard InChI is InChI=1S/C31H22BN6.Pd/c1-35-16-15-33-31(35)21-11-13-23-25-7-3-5-9-29(25)38-30-10-6-4-8-26(30)24-14-12-22(37-19-34-36(2)20-37)18-28(24)32(38)27(23)17-21;/h3-16,19-20H,1-2H3;/q-3;. The predicted octanol–water partition coefficient (Wildman–Crippen LogP) is 4.40. The van der Waals surface area contributed by atoms with Gasteiger partial charge in [0.1, 0.15) is 0 Å². The number of anilines is 3. The van der Waals surface area contributed by atoms with Crippen LogP contribution in [-0.4, -0.2) is 34.8 Å². The molecule has 0 unspecified atom stereocenters. The Hall–Kier alpha value is -4.11. The zero-order valence-corrected chi connectivity index (χ0v) is 22.9. The van der Waals surface area contributed by atoms with Crippen molar-refractivity contribution >= 4 is 41.2 Å². The molecule has 6 nitrogen and oxygen atoms in total. The van der Waals surface area contributed by atoms with Crippen molar-refractivity contribution in [2.75, 3.05) is 16.8 Å². The molecule has 0 aliphatic carbocycles. The molecule has 3 aliphatic rings. The van der Waals surface area contributed by atoms with Gasteiger partial charge in [0, 0.05) is 51.2 Å². The van der Waals surface area contributed by atoms with Gasteiger partial charge in [-0.3, -0.25) is 4.98 Å².